The first kappa shape index (κ1) is 20.7. The van der Waals surface area contributed by atoms with Gasteiger partial charge in [-0.3, -0.25) is 0 Å². The highest BCUT2D eigenvalue weighted by atomic mass is 28.4. The number of urea groups is 1. The van der Waals surface area contributed by atoms with Crippen molar-refractivity contribution in [2.75, 3.05) is 17.7 Å². The molecule has 0 atom stereocenters. The van der Waals surface area contributed by atoms with Gasteiger partial charge in [0.2, 0.25) is 0 Å². The maximum atomic E-state index is 12.2. The van der Waals surface area contributed by atoms with Gasteiger partial charge in [0, 0.05) is 22.5 Å². The van der Waals surface area contributed by atoms with E-state index < -0.39 is 13.6 Å². The quantitative estimate of drug-likeness (QED) is 0.582. The average molecular weight is 387 g/mol. The summed E-state index contributed by atoms with van der Waals surface area (Å²) in [5.74, 6) is 0.652. The maximum absolute atomic E-state index is 12.2. The normalized spacial score (nSPS) is 12.1. The minimum Gasteiger partial charge on any atom is -0.497 e. The second-order valence-electron chi connectivity index (χ2n) is 7.25. The van der Waals surface area contributed by atoms with Crippen LogP contribution >= 0.6 is 0 Å². The Hall–Kier alpha value is -2.61. The molecule has 0 radical (unpaired) electrons. The van der Waals surface area contributed by atoms with Crippen molar-refractivity contribution in [3.8, 4) is 5.75 Å². The van der Waals surface area contributed by atoms with Crippen LogP contribution in [0.2, 0.25) is 5.04 Å². The minimum atomic E-state index is -3.49. The molecule has 2 aromatic rings. The Kier molecular flexibility index (Phi) is 6.43. The molecule has 2 rings (SSSR count). The zero-order valence-electron chi connectivity index (χ0n) is 16.0. The molecule has 0 unspecified atom stereocenters. The van der Waals surface area contributed by atoms with Crippen molar-refractivity contribution in [2.24, 2.45) is 0 Å². The fraction of sp³-hybridized carbons (Fsp3) is 0.250. The predicted molar refractivity (Wildman–Crippen MR) is 111 cm³/mol. The molecule has 0 saturated heterocycles. The topological polar surface area (TPSA) is 90.8 Å². The second-order valence-corrected chi connectivity index (χ2v) is 10.5. The van der Waals surface area contributed by atoms with Crippen LogP contribution in [0.15, 0.2) is 54.2 Å². The lowest BCUT2D eigenvalue weighted by Gasteiger charge is -2.28. The highest BCUT2D eigenvalue weighted by Gasteiger charge is 2.40. The molecule has 6 nitrogen and oxygen atoms in total. The van der Waals surface area contributed by atoms with Crippen LogP contribution in [0.3, 0.4) is 0 Å². The number of ether oxygens (including phenoxy) is 1. The van der Waals surface area contributed by atoms with E-state index in [-0.39, 0.29) is 6.03 Å². The van der Waals surface area contributed by atoms with Gasteiger partial charge in [-0.15, -0.1) is 0 Å². The van der Waals surface area contributed by atoms with Crippen molar-refractivity contribution in [1.82, 2.24) is 0 Å². The van der Waals surface area contributed by atoms with Gasteiger partial charge >= 0.3 is 14.6 Å². The molecule has 0 aromatic heterocycles. The molecule has 0 saturated carbocycles. The van der Waals surface area contributed by atoms with E-state index in [0.717, 1.165) is 5.56 Å². The molecule has 7 heteroatoms. The number of hydrogen-bond donors (Lipinski definition) is 4. The average Bonchev–Trinajstić information content (AvgIpc) is 2.59. The van der Waals surface area contributed by atoms with E-state index in [1.54, 1.807) is 76.4 Å². The second kappa shape index (κ2) is 8.39. The number of carbonyl (C=O) groups is 1. The largest absolute Gasteiger partial charge is 0.497 e. The van der Waals surface area contributed by atoms with Crippen LogP contribution in [0.25, 0.3) is 6.08 Å². The highest BCUT2D eigenvalue weighted by molar-refractivity contribution is 6.73. The van der Waals surface area contributed by atoms with Gasteiger partial charge in [-0.05, 0) is 35.5 Å². The van der Waals surface area contributed by atoms with Crippen molar-refractivity contribution in [3.05, 3.63) is 59.8 Å². The summed E-state index contributed by atoms with van der Waals surface area (Å²) in [6, 6.07) is 13.8. The highest BCUT2D eigenvalue weighted by Crippen LogP contribution is 2.33. The summed E-state index contributed by atoms with van der Waals surface area (Å²) in [5, 5.41) is 4.91. The lowest BCUT2D eigenvalue weighted by Crippen LogP contribution is -2.42. The summed E-state index contributed by atoms with van der Waals surface area (Å²) >= 11 is 0. The Bertz CT molecular complexity index is 829. The summed E-state index contributed by atoms with van der Waals surface area (Å²) in [4.78, 5) is 32.7. The SMILES string of the molecule is COc1cccc(NC(=O)Nc2cccc(/C=C/[Si](O)(O)C(C)(C)C)c2)c1. The zero-order chi connectivity index (χ0) is 20.1. The van der Waals surface area contributed by atoms with E-state index in [4.69, 9.17) is 4.74 Å². The van der Waals surface area contributed by atoms with Crippen LogP contribution in [-0.4, -0.2) is 31.3 Å². The fourth-order valence-corrected chi connectivity index (χ4v) is 3.10. The number of methoxy groups -OCH3 is 1. The molecule has 0 heterocycles. The molecule has 0 aliphatic rings. The minimum absolute atomic E-state index is 0.382. The van der Waals surface area contributed by atoms with Gasteiger partial charge in [0.15, 0.2) is 0 Å². The Morgan fingerprint density at radius 2 is 1.63 bits per heavy atom. The Labute approximate surface area is 160 Å². The first-order valence-corrected chi connectivity index (χ1v) is 10.5. The molecule has 2 amide bonds. The van der Waals surface area contributed by atoms with Crippen molar-refractivity contribution < 1.29 is 19.1 Å². The molecule has 0 bridgehead atoms. The van der Waals surface area contributed by atoms with Gasteiger partial charge in [0.1, 0.15) is 5.75 Å². The number of nitrogens with one attached hydrogen (secondary N) is 2. The van der Waals surface area contributed by atoms with Crippen molar-refractivity contribution in [3.63, 3.8) is 0 Å². The van der Waals surface area contributed by atoms with Crippen LogP contribution in [0, 0.1) is 0 Å². The third kappa shape index (κ3) is 5.95. The first-order valence-electron chi connectivity index (χ1n) is 8.57. The zero-order valence-corrected chi connectivity index (χ0v) is 17.0. The Morgan fingerprint density at radius 1 is 1.04 bits per heavy atom. The van der Waals surface area contributed by atoms with Gasteiger partial charge in [0.05, 0.1) is 7.11 Å². The van der Waals surface area contributed by atoms with E-state index >= 15 is 0 Å². The Morgan fingerprint density at radius 3 is 2.22 bits per heavy atom. The smallest absolute Gasteiger partial charge is 0.365 e. The molecule has 2 aromatic carbocycles. The van der Waals surface area contributed by atoms with Gasteiger partial charge in [0.25, 0.3) is 0 Å². The molecular formula is C20H26N2O4Si. The van der Waals surface area contributed by atoms with Crippen molar-refractivity contribution >= 4 is 32.0 Å². The Balaban J connectivity index is 2.05. The molecule has 0 spiro atoms. The summed E-state index contributed by atoms with van der Waals surface area (Å²) in [5.41, 5.74) is 3.45. The molecule has 4 N–H and O–H groups in total. The van der Waals surface area contributed by atoms with Crippen LogP contribution in [0.5, 0.6) is 5.75 Å². The lowest BCUT2D eigenvalue weighted by atomic mass is 10.2. The van der Waals surface area contributed by atoms with Crippen LogP contribution in [0.1, 0.15) is 26.3 Å². The van der Waals surface area contributed by atoms with Gasteiger partial charge < -0.3 is 25.0 Å². The standard InChI is InChI=1S/C20H26N2O4Si/c1-20(2,3)27(24,25)12-11-15-7-5-8-16(13-15)21-19(23)22-17-9-6-10-18(14-17)26-4/h5-14,24-25H,1-4H3,(H2,21,22,23)/b12-11+. The summed E-state index contributed by atoms with van der Waals surface area (Å²) in [7, 11) is -1.93. The van der Waals surface area contributed by atoms with Crippen LogP contribution < -0.4 is 15.4 Å². The number of amides is 2. The van der Waals surface area contributed by atoms with Crippen LogP contribution in [-0.2, 0) is 0 Å². The monoisotopic (exact) mass is 386 g/mol. The summed E-state index contributed by atoms with van der Waals surface area (Å²) < 4.78 is 5.13. The lowest BCUT2D eigenvalue weighted by molar-refractivity contribution is 0.262. The van der Waals surface area contributed by atoms with Crippen molar-refractivity contribution in [2.45, 2.75) is 25.8 Å². The van der Waals surface area contributed by atoms with Gasteiger partial charge in [-0.2, -0.15) is 0 Å². The molecule has 144 valence electrons. The fourth-order valence-electron chi connectivity index (χ4n) is 2.18. The number of anilines is 2. The summed E-state index contributed by atoms with van der Waals surface area (Å²) in [6.07, 6.45) is 1.67. The van der Waals surface area contributed by atoms with Gasteiger partial charge in [-0.1, -0.05) is 45.0 Å². The van der Waals surface area contributed by atoms with E-state index in [0.29, 0.717) is 17.1 Å². The van der Waals surface area contributed by atoms with Gasteiger partial charge in [-0.25, -0.2) is 4.79 Å². The maximum Gasteiger partial charge on any atom is 0.365 e. The number of carbonyl (C=O) groups excluding carboxylic acids is 1. The third-order valence-electron chi connectivity index (χ3n) is 4.08. The van der Waals surface area contributed by atoms with Crippen LogP contribution in [0.4, 0.5) is 16.2 Å². The molecule has 0 aliphatic heterocycles. The predicted octanol–water partition coefficient (Wildman–Crippen LogP) is 4.12. The molecule has 0 fully saturated rings. The molecular weight excluding hydrogens is 360 g/mol. The first-order chi connectivity index (χ1) is 12.6. The molecule has 0 aliphatic carbocycles. The number of rotatable bonds is 5. The molecule has 27 heavy (non-hydrogen) atoms. The number of benzene rings is 2. The summed E-state index contributed by atoms with van der Waals surface area (Å²) in [6.45, 7) is 5.39. The third-order valence-corrected chi connectivity index (χ3v) is 6.92. The van der Waals surface area contributed by atoms with E-state index in [1.165, 1.54) is 5.70 Å². The van der Waals surface area contributed by atoms with E-state index in [2.05, 4.69) is 10.6 Å². The van der Waals surface area contributed by atoms with Crippen molar-refractivity contribution in [1.29, 1.82) is 0 Å². The van der Waals surface area contributed by atoms with E-state index in [1.807, 2.05) is 6.07 Å². The van der Waals surface area contributed by atoms with E-state index in [9.17, 15) is 14.4 Å². The number of hydrogen-bond acceptors (Lipinski definition) is 4.